The minimum atomic E-state index is 0.352. The van der Waals surface area contributed by atoms with E-state index >= 15 is 0 Å². The van der Waals surface area contributed by atoms with Crippen molar-refractivity contribution in [3.63, 3.8) is 0 Å². The maximum absolute atomic E-state index is 5.33. The molecule has 2 rings (SSSR count). The van der Waals surface area contributed by atoms with Crippen LogP contribution in [0.5, 0.6) is 0 Å². The van der Waals surface area contributed by atoms with Gasteiger partial charge >= 0.3 is 0 Å². The van der Waals surface area contributed by atoms with Gasteiger partial charge in [-0.3, -0.25) is 5.10 Å². The average Bonchev–Trinajstić information content (AvgIpc) is 2.61. The first kappa shape index (κ1) is 12.8. The zero-order valence-electron chi connectivity index (χ0n) is 11.1. The first-order valence-electron chi connectivity index (χ1n) is 6.71. The Hall–Kier alpha value is -0.640. The maximum atomic E-state index is 5.33. The fraction of sp³-hybridized carbons (Fsp3) is 0.846. The highest BCUT2D eigenvalue weighted by atomic mass is 32.1. The molecule has 1 heterocycles. The van der Waals surface area contributed by atoms with Gasteiger partial charge in [0.1, 0.15) is 5.82 Å². The summed E-state index contributed by atoms with van der Waals surface area (Å²) in [6, 6.07) is 0. The molecule has 0 radical (unpaired) electrons. The summed E-state index contributed by atoms with van der Waals surface area (Å²) in [5.74, 6) is 1.73. The Morgan fingerprint density at radius 3 is 2.88 bits per heavy atom. The van der Waals surface area contributed by atoms with Crippen LogP contribution in [-0.4, -0.2) is 14.8 Å². The van der Waals surface area contributed by atoms with Gasteiger partial charge in [-0.05, 0) is 36.9 Å². The van der Waals surface area contributed by atoms with Gasteiger partial charge in [-0.25, -0.2) is 0 Å². The van der Waals surface area contributed by atoms with Crippen LogP contribution in [0.15, 0.2) is 0 Å². The highest BCUT2D eigenvalue weighted by molar-refractivity contribution is 7.71. The molecule has 0 saturated heterocycles. The van der Waals surface area contributed by atoms with Crippen molar-refractivity contribution in [1.29, 1.82) is 0 Å². The number of nitrogens with one attached hydrogen (secondary N) is 1. The Balaban J connectivity index is 2.35. The molecule has 0 amide bonds. The molecule has 0 aromatic carbocycles. The lowest BCUT2D eigenvalue weighted by molar-refractivity contribution is 0.188. The van der Waals surface area contributed by atoms with Crippen molar-refractivity contribution in [1.82, 2.24) is 14.8 Å². The molecule has 1 aliphatic carbocycles. The molecule has 0 spiro atoms. The van der Waals surface area contributed by atoms with Crippen LogP contribution in [0.25, 0.3) is 0 Å². The Labute approximate surface area is 109 Å². The maximum Gasteiger partial charge on any atom is 0.195 e. The van der Waals surface area contributed by atoms with Crippen LogP contribution in [0.4, 0.5) is 0 Å². The van der Waals surface area contributed by atoms with Crippen LogP contribution in [-0.2, 0) is 6.54 Å². The lowest BCUT2D eigenvalue weighted by Gasteiger charge is -2.38. The normalized spacial score (nSPS) is 23.8. The SMILES string of the molecule is CCCn1c(C2CCCCC2(C)C)n[nH]c1=S. The predicted molar refractivity (Wildman–Crippen MR) is 72.7 cm³/mol. The van der Waals surface area contributed by atoms with Crippen LogP contribution in [0.1, 0.15) is 64.6 Å². The zero-order chi connectivity index (χ0) is 12.5. The number of nitrogens with zero attached hydrogens (tertiary/aromatic N) is 2. The van der Waals surface area contributed by atoms with Crippen molar-refractivity contribution >= 4 is 12.2 Å². The third-order valence-corrected chi connectivity index (χ3v) is 4.37. The van der Waals surface area contributed by atoms with E-state index in [0.717, 1.165) is 17.7 Å². The molecule has 3 nitrogen and oxygen atoms in total. The molecule has 1 atom stereocenters. The molecule has 4 heteroatoms. The summed E-state index contributed by atoms with van der Waals surface area (Å²) >= 11 is 5.33. The smallest absolute Gasteiger partial charge is 0.195 e. The van der Waals surface area contributed by atoms with Gasteiger partial charge in [-0.2, -0.15) is 5.10 Å². The Morgan fingerprint density at radius 2 is 2.24 bits per heavy atom. The Morgan fingerprint density at radius 1 is 1.47 bits per heavy atom. The second-order valence-corrected chi connectivity index (χ2v) is 6.21. The lowest BCUT2D eigenvalue weighted by Crippen LogP contribution is -2.28. The number of hydrogen-bond acceptors (Lipinski definition) is 2. The molecular weight excluding hydrogens is 230 g/mol. The fourth-order valence-electron chi connectivity index (χ4n) is 3.01. The first-order chi connectivity index (χ1) is 8.06. The van der Waals surface area contributed by atoms with Crippen LogP contribution in [0.3, 0.4) is 0 Å². The number of aromatic amines is 1. The highest BCUT2D eigenvalue weighted by Gasteiger charge is 2.36. The predicted octanol–water partition coefficient (Wildman–Crippen LogP) is 4.03. The third-order valence-electron chi connectivity index (χ3n) is 4.05. The van der Waals surface area contributed by atoms with Gasteiger partial charge in [-0.1, -0.05) is 33.6 Å². The second-order valence-electron chi connectivity index (χ2n) is 5.83. The lowest BCUT2D eigenvalue weighted by atomic mass is 9.68. The molecule has 96 valence electrons. The van der Waals surface area contributed by atoms with Crippen molar-refractivity contribution < 1.29 is 0 Å². The molecule has 1 aromatic heterocycles. The summed E-state index contributed by atoms with van der Waals surface area (Å²) < 4.78 is 2.98. The number of hydrogen-bond donors (Lipinski definition) is 1. The minimum absolute atomic E-state index is 0.352. The van der Waals surface area contributed by atoms with Gasteiger partial charge in [0.15, 0.2) is 4.77 Å². The van der Waals surface area contributed by atoms with E-state index in [1.165, 1.54) is 31.5 Å². The number of aromatic nitrogens is 3. The van der Waals surface area contributed by atoms with Crippen LogP contribution >= 0.6 is 12.2 Å². The summed E-state index contributed by atoms with van der Waals surface area (Å²) in [7, 11) is 0. The second kappa shape index (κ2) is 4.92. The van der Waals surface area contributed by atoms with Crippen LogP contribution in [0, 0.1) is 10.2 Å². The van der Waals surface area contributed by atoms with E-state index in [2.05, 4.69) is 35.5 Å². The molecule has 1 fully saturated rings. The molecule has 17 heavy (non-hydrogen) atoms. The standard InChI is InChI=1S/C13H23N3S/c1-4-9-16-11(14-15-12(16)17)10-7-5-6-8-13(10,2)3/h10H,4-9H2,1-3H3,(H,15,17). The van der Waals surface area contributed by atoms with Gasteiger partial charge in [0.2, 0.25) is 0 Å². The summed E-state index contributed by atoms with van der Waals surface area (Å²) in [4.78, 5) is 0. The van der Waals surface area contributed by atoms with E-state index in [4.69, 9.17) is 12.2 Å². The van der Waals surface area contributed by atoms with E-state index in [9.17, 15) is 0 Å². The summed E-state index contributed by atoms with van der Waals surface area (Å²) in [6.07, 6.45) is 6.32. The van der Waals surface area contributed by atoms with E-state index in [1.807, 2.05) is 0 Å². The van der Waals surface area contributed by atoms with Gasteiger partial charge in [0.25, 0.3) is 0 Å². The van der Waals surface area contributed by atoms with E-state index in [-0.39, 0.29) is 0 Å². The fourth-order valence-corrected chi connectivity index (χ4v) is 3.24. The van der Waals surface area contributed by atoms with E-state index in [0.29, 0.717) is 11.3 Å². The first-order valence-corrected chi connectivity index (χ1v) is 7.12. The van der Waals surface area contributed by atoms with Gasteiger partial charge < -0.3 is 4.57 Å². The van der Waals surface area contributed by atoms with Crippen molar-refractivity contribution in [3.05, 3.63) is 10.6 Å². The molecule has 1 aliphatic rings. The van der Waals surface area contributed by atoms with Crippen molar-refractivity contribution in [3.8, 4) is 0 Å². The number of rotatable bonds is 3. The summed E-state index contributed by atoms with van der Waals surface area (Å²) in [5.41, 5.74) is 0.352. The van der Waals surface area contributed by atoms with Crippen molar-refractivity contribution in [2.24, 2.45) is 5.41 Å². The molecule has 0 aliphatic heterocycles. The van der Waals surface area contributed by atoms with Gasteiger partial charge in [0, 0.05) is 12.5 Å². The monoisotopic (exact) mass is 253 g/mol. The topological polar surface area (TPSA) is 33.6 Å². The third kappa shape index (κ3) is 2.46. The van der Waals surface area contributed by atoms with Gasteiger partial charge in [0.05, 0.1) is 0 Å². The van der Waals surface area contributed by atoms with E-state index in [1.54, 1.807) is 0 Å². The molecule has 1 saturated carbocycles. The molecule has 1 unspecified atom stereocenters. The van der Waals surface area contributed by atoms with Crippen molar-refractivity contribution in [2.45, 2.75) is 65.3 Å². The quantitative estimate of drug-likeness (QED) is 0.825. The van der Waals surface area contributed by atoms with Crippen LogP contribution in [0.2, 0.25) is 0 Å². The largest absolute Gasteiger partial charge is 0.304 e. The summed E-state index contributed by atoms with van der Waals surface area (Å²) in [5, 5.41) is 7.47. The summed E-state index contributed by atoms with van der Waals surface area (Å²) in [6.45, 7) is 7.90. The molecule has 1 aromatic rings. The molecular formula is C13H23N3S. The molecule has 0 bridgehead atoms. The number of H-pyrrole nitrogens is 1. The van der Waals surface area contributed by atoms with Crippen molar-refractivity contribution in [2.75, 3.05) is 0 Å². The highest BCUT2D eigenvalue weighted by Crippen LogP contribution is 2.46. The Bertz CT molecular complexity index is 430. The molecule has 1 N–H and O–H groups in total. The van der Waals surface area contributed by atoms with E-state index < -0.39 is 0 Å². The van der Waals surface area contributed by atoms with Gasteiger partial charge in [-0.15, -0.1) is 0 Å². The minimum Gasteiger partial charge on any atom is -0.304 e. The van der Waals surface area contributed by atoms with Crippen LogP contribution < -0.4 is 0 Å². The Kier molecular flexibility index (Phi) is 3.71. The average molecular weight is 253 g/mol. The zero-order valence-corrected chi connectivity index (χ0v) is 11.9.